The lowest BCUT2D eigenvalue weighted by atomic mass is 10.1. The normalized spacial score (nSPS) is 30.2. The molecule has 9 nitrogen and oxygen atoms in total. The number of hydrogen-bond donors (Lipinski definition) is 3. The highest BCUT2D eigenvalue weighted by Crippen LogP contribution is 2.30. The zero-order valence-corrected chi connectivity index (χ0v) is 10.6. The minimum atomic E-state index is -1.24. The quantitative estimate of drug-likeness (QED) is 0.568. The van der Waals surface area contributed by atoms with Crippen LogP contribution in [0.5, 0.6) is 0 Å². The van der Waals surface area contributed by atoms with E-state index >= 15 is 0 Å². The van der Waals surface area contributed by atoms with Gasteiger partial charge in [-0.25, -0.2) is 9.97 Å². The lowest BCUT2D eigenvalue weighted by Gasteiger charge is -2.16. The summed E-state index contributed by atoms with van der Waals surface area (Å²) in [6, 6.07) is 0. The molecular weight excluding hydrogens is 268 g/mol. The van der Waals surface area contributed by atoms with Crippen molar-refractivity contribution in [1.29, 1.82) is 0 Å². The first-order valence-electron chi connectivity index (χ1n) is 6.05. The Hall–Kier alpha value is -1.81. The molecule has 0 amide bonds. The molecule has 0 saturated carbocycles. The molecule has 0 radical (unpaired) electrons. The maximum Gasteiger partial charge on any atom is 0.281 e. The summed E-state index contributed by atoms with van der Waals surface area (Å²) >= 11 is 0. The number of ether oxygens (including phenoxy) is 1. The predicted octanol–water partition coefficient (Wildman–Crippen LogP) is -2.26. The van der Waals surface area contributed by atoms with Gasteiger partial charge in [0.1, 0.15) is 18.3 Å². The van der Waals surface area contributed by atoms with Gasteiger partial charge in [0.2, 0.25) is 0 Å². The smallest absolute Gasteiger partial charge is 0.281 e. The maximum atomic E-state index is 11.9. The Morgan fingerprint density at radius 3 is 2.70 bits per heavy atom. The third-order valence-corrected chi connectivity index (χ3v) is 3.44. The van der Waals surface area contributed by atoms with Crippen LogP contribution in [0.3, 0.4) is 0 Å². The topological polar surface area (TPSA) is 123 Å². The van der Waals surface area contributed by atoms with Crippen molar-refractivity contribution in [2.45, 2.75) is 24.5 Å². The van der Waals surface area contributed by atoms with Crippen LogP contribution in [0.15, 0.2) is 17.4 Å². The van der Waals surface area contributed by atoms with E-state index in [-0.39, 0.29) is 16.7 Å². The summed E-state index contributed by atoms with van der Waals surface area (Å²) in [6.45, 7) is -0.420. The molecule has 0 bridgehead atoms. The van der Waals surface area contributed by atoms with E-state index in [4.69, 9.17) is 9.84 Å². The van der Waals surface area contributed by atoms with Gasteiger partial charge >= 0.3 is 0 Å². The second-order valence-electron chi connectivity index (χ2n) is 4.71. The van der Waals surface area contributed by atoms with Gasteiger partial charge in [0.15, 0.2) is 17.4 Å². The lowest BCUT2D eigenvalue weighted by molar-refractivity contribution is -0.0511. The molecule has 20 heavy (non-hydrogen) atoms. The van der Waals surface area contributed by atoms with Crippen LogP contribution in [0, 0.1) is 0 Å². The molecule has 3 heterocycles. The molecule has 0 spiro atoms. The third kappa shape index (κ3) is 1.75. The van der Waals surface area contributed by atoms with E-state index in [1.54, 1.807) is 7.05 Å². The van der Waals surface area contributed by atoms with Crippen molar-refractivity contribution in [2.75, 3.05) is 6.61 Å². The number of aliphatic hydroxyl groups is 3. The summed E-state index contributed by atoms with van der Waals surface area (Å²) in [6.07, 6.45) is -1.64. The fourth-order valence-corrected chi connectivity index (χ4v) is 2.29. The SMILES string of the molecule is Cn1cnc2c(ncn2[C@@H]2O[C@@H](CO)[C@@H](O)[C@H]2O)c1=O. The van der Waals surface area contributed by atoms with Gasteiger partial charge in [-0.1, -0.05) is 0 Å². The molecule has 4 atom stereocenters. The minimum absolute atomic E-state index is 0.146. The van der Waals surface area contributed by atoms with Crippen molar-refractivity contribution < 1.29 is 20.1 Å². The highest BCUT2D eigenvalue weighted by atomic mass is 16.6. The molecule has 2 aromatic heterocycles. The van der Waals surface area contributed by atoms with E-state index in [0.29, 0.717) is 0 Å². The Balaban J connectivity index is 2.08. The Bertz CT molecular complexity index is 696. The summed E-state index contributed by atoms with van der Waals surface area (Å²) in [5, 5.41) is 28.8. The fraction of sp³-hybridized carbons (Fsp3) is 0.545. The highest BCUT2D eigenvalue weighted by molar-refractivity contribution is 5.69. The number of hydrogen-bond acceptors (Lipinski definition) is 7. The van der Waals surface area contributed by atoms with E-state index in [1.165, 1.54) is 21.8 Å². The molecule has 2 aromatic rings. The monoisotopic (exact) mass is 282 g/mol. The van der Waals surface area contributed by atoms with Crippen molar-refractivity contribution >= 4 is 11.2 Å². The molecule has 0 aliphatic carbocycles. The average Bonchev–Trinajstić information content (AvgIpc) is 2.98. The number of imidazole rings is 1. The van der Waals surface area contributed by atoms with Gasteiger partial charge in [-0.15, -0.1) is 0 Å². The Morgan fingerprint density at radius 2 is 2.05 bits per heavy atom. The number of aromatic nitrogens is 4. The number of aryl methyl sites for hydroxylation is 1. The molecule has 1 fully saturated rings. The van der Waals surface area contributed by atoms with Gasteiger partial charge < -0.3 is 24.6 Å². The molecule has 1 aliphatic rings. The standard InChI is InChI=1S/C11H14N4O5/c1-14-3-13-9-6(10(14)19)12-4-15(9)11-8(18)7(17)5(2-16)20-11/h3-5,7-8,11,16-18H,2H2,1H3/t5-,7+,8+,11+/m0/s1. The average molecular weight is 282 g/mol. The molecule has 3 N–H and O–H groups in total. The second kappa shape index (κ2) is 4.63. The fourth-order valence-electron chi connectivity index (χ4n) is 2.29. The Labute approximate surface area is 112 Å². The largest absolute Gasteiger partial charge is 0.394 e. The number of aliphatic hydroxyl groups excluding tert-OH is 3. The van der Waals surface area contributed by atoms with Gasteiger partial charge in [-0.05, 0) is 0 Å². The maximum absolute atomic E-state index is 11.9. The zero-order valence-electron chi connectivity index (χ0n) is 10.6. The summed E-state index contributed by atoms with van der Waals surface area (Å²) < 4.78 is 8.05. The van der Waals surface area contributed by atoms with Crippen LogP contribution in [0.2, 0.25) is 0 Å². The molecule has 1 aliphatic heterocycles. The first-order chi connectivity index (χ1) is 9.54. The van der Waals surface area contributed by atoms with Crippen LogP contribution in [0.25, 0.3) is 11.2 Å². The van der Waals surface area contributed by atoms with Crippen LogP contribution in [-0.4, -0.2) is 59.3 Å². The molecule has 108 valence electrons. The van der Waals surface area contributed by atoms with Gasteiger partial charge in [-0.3, -0.25) is 9.36 Å². The first kappa shape index (κ1) is 13.2. The Kier molecular flexibility index (Phi) is 3.05. The van der Waals surface area contributed by atoms with E-state index in [9.17, 15) is 15.0 Å². The first-order valence-corrected chi connectivity index (χ1v) is 6.05. The summed E-state index contributed by atoms with van der Waals surface area (Å²) in [5.41, 5.74) is 0.0798. The van der Waals surface area contributed by atoms with E-state index in [1.807, 2.05) is 0 Å². The number of rotatable bonds is 2. The predicted molar refractivity (Wildman–Crippen MR) is 65.8 cm³/mol. The van der Waals surface area contributed by atoms with Gasteiger partial charge in [0.25, 0.3) is 5.56 Å². The van der Waals surface area contributed by atoms with E-state index in [2.05, 4.69) is 9.97 Å². The van der Waals surface area contributed by atoms with Crippen LogP contribution in [0.4, 0.5) is 0 Å². The molecule has 9 heteroatoms. The van der Waals surface area contributed by atoms with Crippen molar-refractivity contribution in [2.24, 2.45) is 7.05 Å². The second-order valence-corrected chi connectivity index (χ2v) is 4.71. The lowest BCUT2D eigenvalue weighted by Crippen LogP contribution is -2.33. The summed E-state index contributed by atoms with van der Waals surface area (Å²) in [7, 11) is 1.56. The Morgan fingerprint density at radius 1 is 1.30 bits per heavy atom. The molecule has 1 saturated heterocycles. The molecule has 0 unspecified atom stereocenters. The van der Waals surface area contributed by atoms with Gasteiger partial charge in [-0.2, -0.15) is 0 Å². The van der Waals surface area contributed by atoms with Gasteiger partial charge in [0.05, 0.1) is 19.3 Å². The van der Waals surface area contributed by atoms with Crippen LogP contribution >= 0.6 is 0 Å². The van der Waals surface area contributed by atoms with Crippen molar-refractivity contribution in [3.8, 4) is 0 Å². The van der Waals surface area contributed by atoms with Gasteiger partial charge in [0, 0.05) is 7.05 Å². The number of nitrogens with zero attached hydrogens (tertiary/aromatic N) is 4. The van der Waals surface area contributed by atoms with Crippen molar-refractivity contribution in [3.63, 3.8) is 0 Å². The third-order valence-electron chi connectivity index (χ3n) is 3.44. The van der Waals surface area contributed by atoms with E-state index < -0.39 is 31.1 Å². The number of fused-ring (bicyclic) bond motifs is 1. The zero-order chi connectivity index (χ0) is 14.4. The van der Waals surface area contributed by atoms with Crippen LogP contribution in [-0.2, 0) is 11.8 Å². The minimum Gasteiger partial charge on any atom is -0.394 e. The molecule has 3 rings (SSSR count). The summed E-state index contributed by atoms with van der Waals surface area (Å²) in [4.78, 5) is 19.9. The molecule has 0 aromatic carbocycles. The van der Waals surface area contributed by atoms with Crippen molar-refractivity contribution in [3.05, 3.63) is 23.0 Å². The summed E-state index contributed by atoms with van der Waals surface area (Å²) in [5.74, 6) is 0. The van der Waals surface area contributed by atoms with E-state index in [0.717, 1.165) is 0 Å². The van der Waals surface area contributed by atoms with Crippen LogP contribution in [0.1, 0.15) is 6.23 Å². The highest BCUT2D eigenvalue weighted by Gasteiger charge is 2.43. The van der Waals surface area contributed by atoms with Crippen LogP contribution < -0.4 is 5.56 Å². The van der Waals surface area contributed by atoms with Crippen molar-refractivity contribution in [1.82, 2.24) is 19.1 Å². The molecular formula is C11H14N4O5.